The highest BCUT2D eigenvalue weighted by molar-refractivity contribution is 5.78. The van der Waals surface area contributed by atoms with E-state index in [0.717, 1.165) is 5.56 Å². The molecule has 2 aromatic heterocycles. The molecule has 9 heteroatoms. The van der Waals surface area contributed by atoms with Crippen LogP contribution in [-0.2, 0) is 24.8 Å². The largest absolute Gasteiger partial charge is 0.344 e. The van der Waals surface area contributed by atoms with Crippen LogP contribution in [0.1, 0.15) is 23.7 Å². The second-order valence-corrected chi connectivity index (χ2v) is 6.62. The first-order chi connectivity index (χ1) is 11.9. The van der Waals surface area contributed by atoms with Crippen LogP contribution in [0.2, 0.25) is 0 Å². The Kier molecular flexibility index (Phi) is 5.12. The van der Waals surface area contributed by atoms with Gasteiger partial charge in [-0.05, 0) is 12.0 Å². The molecule has 1 saturated heterocycles. The van der Waals surface area contributed by atoms with Crippen molar-refractivity contribution in [2.24, 2.45) is 7.05 Å². The predicted octanol–water partition coefficient (Wildman–Crippen LogP) is 0.725. The first-order valence-corrected chi connectivity index (χ1v) is 8.29. The van der Waals surface area contributed by atoms with Gasteiger partial charge in [0, 0.05) is 46.3 Å². The number of aryl methyl sites for hydroxylation is 2. The molecule has 0 aromatic carbocycles. The van der Waals surface area contributed by atoms with Crippen molar-refractivity contribution in [3.8, 4) is 0 Å². The number of carbonyl (C=O) groups excluding carboxylic acids is 1. The summed E-state index contributed by atoms with van der Waals surface area (Å²) in [5.41, 5.74) is 0.869. The summed E-state index contributed by atoms with van der Waals surface area (Å²) in [6.07, 6.45) is 3.30. The molecule has 8 nitrogen and oxygen atoms in total. The lowest BCUT2D eigenvalue weighted by atomic mass is 10.1. The standard InChI is InChI=1S/C16H23FN6O2/c1-11-19-15(20-25-11)10-23-8-13(17)5-14(23)9-21(2)16(24)4-12-6-18-22(3)7-12/h6-7,13-14H,4-5,8-10H2,1-3H3/t13-,14-/m0/s1. The molecule has 0 bridgehead atoms. The fourth-order valence-corrected chi connectivity index (χ4v) is 3.18. The summed E-state index contributed by atoms with van der Waals surface area (Å²) >= 11 is 0. The van der Waals surface area contributed by atoms with Gasteiger partial charge in [-0.3, -0.25) is 14.4 Å². The van der Waals surface area contributed by atoms with Gasteiger partial charge in [0.05, 0.1) is 19.2 Å². The maximum absolute atomic E-state index is 13.9. The lowest BCUT2D eigenvalue weighted by molar-refractivity contribution is -0.129. The van der Waals surface area contributed by atoms with Gasteiger partial charge in [-0.2, -0.15) is 10.1 Å². The summed E-state index contributed by atoms with van der Waals surface area (Å²) in [5, 5.41) is 7.94. The van der Waals surface area contributed by atoms with E-state index < -0.39 is 6.17 Å². The van der Waals surface area contributed by atoms with Gasteiger partial charge in [-0.25, -0.2) is 4.39 Å². The first-order valence-electron chi connectivity index (χ1n) is 8.29. The van der Waals surface area contributed by atoms with Crippen LogP contribution in [0.3, 0.4) is 0 Å². The maximum atomic E-state index is 13.9. The molecule has 0 spiro atoms. The number of hydrogen-bond donors (Lipinski definition) is 0. The monoisotopic (exact) mass is 350 g/mol. The number of nitrogens with zero attached hydrogens (tertiary/aromatic N) is 6. The van der Waals surface area contributed by atoms with Crippen molar-refractivity contribution in [1.29, 1.82) is 0 Å². The number of likely N-dealkylation sites (N-methyl/N-ethyl adjacent to an activating group) is 1. The van der Waals surface area contributed by atoms with Crippen LogP contribution in [0.15, 0.2) is 16.9 Å². The molecule has 3 heterocycles. The number of alkyl halides is 1. The van der Waals surface area contributed by atoms with Crippen molar-refractivity contribution < 1.29 is 13.7 Å². The Hall–Kier alpha value is -2.29. The van der Waals surface area contributed by atoms with E-state index >= 15 is 0 Å². The Morgan fingerprint density at radius 3 is 2.96 bits per heavy atom. The van der Waals surface area contributed by atoms with Gasteiger partial charge in [0.2, 0.25) is 11.8 Å². The molecule has 1 aliphatic rings. The molecule has 0 unspecified atom stereocenters. The van der Waals surface area contributed by atoms with E-state index in [0.29, 0.717) is 44.2 Å². The van der Waals surface area contributed by atoms with Gasteiger partial charge in [0.15, 0.2) is 5.82 Å². The summed E-state index contributed by atoms with van der Waals surface area (Å²) in [6, 6.07) is -0.0587. The van der Waals surface area contributed by atoms with Crippen molar-refractivity contribution in [2.75, 3.05) is 20.1 Å². The molecule has 1 fully saturated rings. The number of likely N-dealkylation sites (tertiary alicyclic amines) is 1. The smallest absolute Gasteiger partial charge is 0.226 e. The summed E-state index contributed by atoms with van der Waals surface area (Å²) in [7, 11) is 3.57. The van der Waals surface area contributed by atoms with E-state index in [1.165, 1.54) is 0 Å². The molecule has 2 atom stereocenters. The highest BCUT2D eigenvalue weighted by Gasteiger charge is 2.34. The summed E-state index contributed by atoms with van der Waals surface area (Å²) in [6.45, 7) is 2.94. The Labute approximate surface area is 145 Å². The third kappa shape index (κ3) is 4.41. The first kappa shape index (κ1) is 17.5. The van der Waals surface area contributed by atoms with E-state index in [1.807, 2.05) is 18.1 Å². The van der Waals surface area contributed by atoms with Crippen molar-refractivity contribution in [3.05, 3.63) is 29.7 Å². The Balaban J connectivity index is 1.58. The van der Waals surface area contributed by atoms with Gasteiger partial charge < -0.3 is 9.42 Å². The molecule has 0 aliphatic carbocycles. The highest BCUT2D eigenvalue weighted by atomic mass is 19.1. The van der Waals surface area contributed by atoms with Crippen LogP contribution in [0.25, 0.3) is 0 Å². The van der Waals surface area contributed by atoms with E-state index in [1.54, 1.807) is 29.7 Å². The van der Waals surface area contributed by atoms with Crippen LogP contribution >= 0.6 is 0 Å². The number of halogens is 1. The van der Waals surface area contributed by atoms with Crippen molar-refractivity contribution in [2.45, 2.75) is 38.5 Å². The van der Waals surface area contributed by atoms with Crippen LogP contribution in [0, 0.1) is 6.92 Å². The minimum absolute atomic E-state index is 0.00864. The molecular weight excluding hydrogens is 327 g/mol. The normalized spacial score (nSPS) is 21.0. The average molecular weight is 350 g/mol. The van der Waals surface area contributed by atoms with E-state index in [9.17, 15) is 9.18 Å². The number of hydrogen-bond acceptors (Lipinski definition) is 6. The van der Waals surface area contributed by atoms with Crippen LogP contribution in [-0.4, -0.2) is 68.0 Å². The number of aromatic nitrogens is 4. The van der Waals surface area contributed by atoms with Crippen LogP contribution in [0.5, 0.6) is 0 Å². The SMILES string of the molecule is Cc1nc(CN2C[C@@H](F)C[C@H]2CN(C)C(=O)Cc2cnn(C)c2)no1. The molecular formula is C16H23FN6O2. The Morgan fingerprint density at radius 1 is 1.52 bits per heavy atom. The molecule has 2 aromatic rings. The zero-order valence-corrected chi connectivity index (χ0v) is 14.7. The Bertz CT molecular complexity index is 730. The third-order valence-corrected chi connectivity index (χ3v) is 4.42. The van der Waals surface area contributed by atoms with Gasteiger partial charge in [-0.1, -0.05) is 5.16 Å². The maximum Gasteiger partial charge on any atom is 0.226 e. The van der Waals surface area contributed by atoms with Crippen molar-refractivity contribution in [3.63, 3.8) is 0 Å². The number of carbonyl (C=O) groups is 1. The van der Waals surface area contributed by atoms with Gasteiger partial charge in [0.25, 0.3) is 0 Å². The second-order valence-electron chi connectivity index (χ2n) is 6.62. The molecule has 0 saturated carbocycles. The van der Waals surface area contributed by atoms with E-state index in [2.05, 4.69) is 15.2 Å². The molecule has 0 radical (unpaired) electrons. The van der Waals surface area contributed by atoms with E-state index in [4.69, 9.17) is 4.52 Å². The fraction of sp³-hybridized carbons (Fsp3) is 0.625. The quantitative estimate of drug-likeness (QED) is 0.764. The molecule has 25 heavy (non-hydrogen) atoms. The van der Waals surface area contributed by atoms with Crippen LogP contribution < -0.4 is 0 Å². The number of rotatable bonds is 6. The number of amides is 1. The molecule has 1 amide bonds. The molecule has 1 aliphatic heterocycles. The van der Waals surface area contributed by atoms with E-state index in [-0.39, 0.29) is 11.9 Å². The van der Waals surface area contributed by atoms with Gasteiger partial charge in [-0.15, -0.1) is 0 Å². The van der Waals surface area contributed by atoms with Crippen molar-refractivity contribution >= 4 is 5.91 Å². The van der Waals surface area contributed by atoms with Crippen molar-refractivity contribution in [1.82, 2.24) is 29.7 Å². The van der Waals surface area contributed by atoms with Gasteiger partial charge >= 0.3 is 0 Å². The summed E-state index contributed by atoms with van der Waals surface area (Å²) in [4.78, 5) is 20.2. The summed E-state index contributed by atoms with van der Waals surface area (Å²) < 4.78 is 20.6. The molecule has 136 valence electrons. The summed E-state index contributed by atoms with van der Waals surface area (Å²) in [5.74, 6) is 1.03. The third-order valence-electron chi connectivity index (χ3n) is 4.42. The second kappa shape index (κ2) is 7.30. The predicted molar refractivity (Wildman–Crippen MR) is 87.3 cm³/mol. The van der Waals surface area contributed by atoms with Crippen LogP contribution in [0.4, 0.5) is 4.39 Å². The molecule has 3 rings (SSSR count). The zero-order valence-electron chi connectivity index (χ0n) is 14.7. The Morgan fingerprint density at radius 2 is 2.32 bits per heavy atom. The highest BCUT2D eigenvalue weighted by Crippen LogP contribution is 2.23. The minimum Gasteiger partial charge on any atom is -0.344 e. The zero-order chi connectivity index (χ0) is 18.0. The fourth-order valence-electron chi connectivity index (χ4n) is 3.18. The van der Waals surface area contributed by atoms with Gasteiger partial charge in [0.1, 0.15) is 6.17 Å². The lowest BCUT2D eigenvalue weighted by Gasteiger charge is -2.27. The minimum atomic E-state index is -0.903. The lowest BCUT2D eigenvalue weighted by Crippen LogP contribution is -2.41. The average Bonchev–Trinajstić information content (AvgIpc) is 3.22. The topological polar surface area (TPSA) is 80.3 Å². The molecule has 0 N–H and O–H groups in total.